The predicted molar refractivity (Wildman–Crippen MR) is 141 cm³/mol. The maximum Gasteiger partial charge on any atom is 0.305 e. The smallest absolute Gasteiger partial charge is 0.305 e. The maximum absolute atomic E-state index is 11.7. The van der Waals surface area contributed by atoms with Crippen LogP contribution in [0.5, 0.6) is 17.2 Å². The van der Waals surface area contributed by atoms with Gasteiger partial charge in [0.25, 0.3) is 0 Å². The fourth-order valence-corrected chi connectivity index (χ4v) is 4.32. The van der Waals surface area contributed by atoms with Crippen LogP contribution in [0, 0.1) is 4.77 Å². The lowest BCUT2D eigenvalue weighted by molar-refractivity contribution is -0.146. The zero-order valence-corrected chi connectivity index (χ0v) is 21.9. The Bertz CT molecular complexity index is 1290. The highest BCUT2D eigenvalue weighted by Gasteiger charge is 2.21. The first-order valence-electron chi connectivity index (χ1n) is 12.5. The lowest BCUT2D eigenvalue weighted by Crippen LogP contribution is -2.35. The van der Waals surface area contributed by atoms with E-state index in [1.165, 1.54) is 6.07 Å². The summed E-state index contributed by atoms with van der Waals surface area (Å²) in [5.41, 5.74) is 2.11. The normalized spacial score (nSPS) is 14.8. The van der Waals surface area contributed by atoms with E-state index in [4.69, 9.17) is 26.4 Å². The molecule has 0 amide bonds. The molecule has 2 aromatic carbocycles. The first-order valence-corrected chi connectivity index (χ1v) is 12.9. The predicted octanol–water partition coefficient (Wildman–Crippen LogP) is 2.92. The molecule has 204 valence electrons. The molecule has 38 heavy (non-hydrogen) atoms. The second-order valence-corrected chi connectivity index (χ2v) is 9.32. The number of aromatic nitrogens is 3. The number of nitrogens with one attached hydrogen (secondary N) is 1. The van der Waals surface area contributed by atoms with E-state index in [9.17, 15) is 20.1 Å². The zero-order valence-electron chi connectivity index (χ0n) is 21.1. The number of rotatable bonds is 11. The molecule has 11 nitrogen and oxygen atoms in total. The van der Waals surface area contributed by atoms with Gasteiger partial charge in [-0.1, -0.05) is 19.1 Å². The van der Waals surface area contributed by atoms with Crippen molar-refractivity contribution in [2.75, 3.05) is 39.5 Å². The van der Waals surface area contributed by atoms with Crippen molar-refractivity contribution < 1.29 is 34.3 Å². The van der Waals surface area contributed by atoms with Crippen molar-refractivity contribution in [3.05, 3.63) is 46.7 Å². The van der Waals surface area contributed by atoms with Gasteiger partial charge in [-0.25, -0.2) is 0 Å². The molecular weight excluding hydrogens is 512 g/mol. The minimum atomic E-state index is -0.918. The van der Waals surface area contributed by atoms with Crippen LogP contribution in [-0.4, -0.2) is 86.6 Å². The summed E-state index contributed by atoms with van der Waals surface area (Å²) < 4.78 is 18.2. The molecule has 2 heterocycles. The quantitative estimate of drug-likeness (QED) is 0.210. The van der Waals surface area contributed by atoms with Gasteiger partial charge in [-0.3, -0.25) is 19.4 Å². The van der Waals surface area contributed by atoms with Crippen molar-refractivity contribution >= 4 is 18.2 Å². The maximum atomic E-state index is 11.7. The lowest BCUT2D eigenvalue weighted by Gasteiger charge is -2.26. The molecule has 1 saturated heterocycles. The summed E-state index contributed by atoms with van der Waals surface area (Å²) in [5.74, 6) is -0.726. The van der Waals surface area contributed by atoms with Gasteiger partial charge in [-0.05, 0) is 42.4 Å². The molecular formula is C26H32N4O7S. The Balaban J connectivity index is 1.57. The van der Waals surface area contributed by atoms with Gasteiger partial charge in [-0.2, -0.15) is 5.10 Å². The number of aromatic hydroxyl groups is 2. The fraction of sp³-hybridized carbons (Fsp3) is 0.423. The van der Waals surface area contributed by atoms with E-state index in [2.05, 4.69) is 15.1 Å². The first kappa shape index (κ1) is 27.6. The molecule has 1 atom stereocenters. The molecule has 4 N–H and O–H groups in total. The molecule has 1 aliphatic heterocycles. The Labute approximate surface area is 225 Å². The molecule has 0 bridgehead atoms. The van der Waals surface area contributed by atoms with Crippen molar-refractivity contribution in [1.29, 1.82) is 0 Å². The molecule has 1 aliphatic rings. The highest BCUT2D eigenvalue weighted by Crippen LogP contribution is 2.39. The summed E-state index contributed by atoms with van der Waals surface area (Å²) >= 11 is 5.47. The average Bonchev–Trinajstić information content (AvgIpc) is 3.29. The topological polar surface area (TPSA) is 142 Å². The third-order valence-electron chi connectivity index (χ3n) is 6.08. The number of carbonyl (C=O) groups excluding carboxylic acids is 1. The summed E-state index contributed by atoms with van der Waals surface area (Å²) in [4.78, 5) is 14.0. The number of hydrogen-bond acceptors (Lipinski definition) is 10. The number of aliphatic hydroxyl groups is 1. The lowest BCUT2D eigenvalue weighted by atomic mass is 10.1. The summed E-state index contributed by atoms with van der Waals surface area (Å²) in [6.07, 6.45) is -0.0285. The van der Waals surface area contributed by atoms with E-state index in [0.29, 0.717) is 17.0 Å². The number of nitrogens with zero attached hydrogens (tertiary/aromatic N) is 3. The summed E-state index contributed by atoms with van der Waals surface area (Å²) in [5, 5.41) is 37.8. The van der Waals surface area contributed by atoms with Crippen molar-refractivity contribution in [3.8, 4) is 34.3 Å². The standard InChI is InChI=1S/C26H32N4O7S/c1-2-3-24(34)36-16-19(15-31)37-23-12-20(21(32)13-22(23)33)25-27-28-26(38)30(25)18-6-4-17(5-7-18)14-29-8-10-35-11-9-29/h4-7,12-13,19,31-33H,2-3,8-11,14-16H2,1H3,(H,28,38). The molecule has 0 saturated carbocycles. The summed E-state index contributed by atoms with van der Waals surface area (Å²) in [6.45, 7) is 5.26. The van der Waals surface area contributed by atoms with Gasteiger partial charge in [0, 0.05) is 37.8 Å². The number of aromatic amines is 1. The number of benzene rings is 2. The number of aliphatic hydroxyl groups excluding tert-OH is 1. The largest absolute Gasteiger partial charge is 0.507 e. The Hall–Kier alpha value is -3.45. The SMILES string of the molecule is CCCC(=O)OCC(CO)Oc1cc(-c2n[nH]c(=S)n2-c2ccc(CN3CCOCC3)cc2)c(O)cc1O. The number of H-pyrrole nitrogens is 1. The minimum Gasteiger partial charge on any atom is -0.507 e. The monoisotopic (exact) mass is 544 g/mol. The van der Waals surface area contributed by atoms with E-state index in [-0.39, 0.29) is 35.8 Å². The summed E-state index contributed by atoms with van der Waals surface area (Å²) in [7, 11) is 0. The van der Waals surface area contributed by atoms with Crippen LogP contribution in [0.2, 0.25) is 0 Å². The molecule has 3 aromatic rings. The third-order valence-corrected chi connectivity index (χ3v) is 6.35. The molecule has 1 fully saturated rings. The fourth-order valence-electron chi connectivity index (χ4n) is 4.08. The number of phenolic OH excluding ortho intramolecular Hbond substituents is 2. The Kier molecular flexibility index (Phi) is 9.34. The molecule has 0 aliphatic carbocycles. The third kappa shape index (κ3) is 6.70. The highest BCUT2D eigenvalue weighted by atomic mass is 32.1. The van der Waals surface area contributed by atoms with E-state index < -0.39 is 18.7 Å². The van der Waals surface area contributed by atoms with Gasteiger partial charge in [0.1, 0.15) is 12.4 Å². The summed E-state index contributed by atoms with van der Waals surface area (Å²) in [6, 6.07) is 10.4. The molecule has 1 unspecified atom stereocenters. The van der Waals surface area contributed by atoms with Crippen molar-refractivity contribution in [1.82, 2.24) is 19.7 Å². The molecule has 0 spiro atoms. The van der Waals surface area contributed by atoms with Crippen LogP contribution < -0.4 is 4.74 Å². The minimum absolute atomic E-state index is 0.0234. The van der Waals surface area contributed by atoms with E-state index in [1.54, 1.807) is 4.57 Å². The van der Waals surface area contributed by atoms with Crippen molar-refractivity contribution in [2.45, 2.75) is 32.4 Å². The van der Waals surface area contributed by atoms with Crippen LogP contribution >= 0.6 is 12.2 Å². The number of carbonyl (C=O) groups is 1. The molecule has 0 radical (unpaired) electrons. The molecule has 1 aromatic heterocycles. The van der Waals surface area contributed by atoms with E-state index in [1.807, 2.05) is 31.2 Å². The Morgan fingerprint density at radius 2 is 1.92 bits per heavy atom. The Morgan fingerprint density at radius 3 is 2.61 bits per heavy atom. The van der Waals surface area contributed by atoms with E-state index in [0.717, 1.165) is 50.2 Å². The van der Waals surface area contributed by atoms with Gasteiger partial charge >= 0.3 is 5.97 Å². The highest BCUT2D eigenvalue weighted by molar-refractivity contribution is 7.71. The number of hydrogen-bond donors (Lipinski definition) is 4. The van der Waals surface area contributed by atoms with Crippen LogP contribution in [0.3, 0.4) is 0 Å². The van der Waals surface area contributed by atoms with Crippen molar-refractivity contribution in [3.63, 3.8) is 0 Å². The van der Waals surface area contributed by atoms with Gasteiger partial charge in [-0.15, -0.1) is 0 Å². The van der Waals surface area contributed by atoms with Crippen LogP contribution in [-0.2, 0) is 20.8 Å². The van der Waals surface area contributed by atoms with Crippen LogP contribution in [0.4, 0.5) is 0 Å². The number of esters is 1. The molecule has 4 rings (SSSR count). The van der Waals surface area contributed by atoms with Crippen LogP contribution in [0.15, 0.2) is 36.4 Å². The Morgan fingerprint density at radius 1 is 1.18 bits per heavy atom. The van der Waals surface area contributed by atoms with E-state index >= 15 is 0 Å². The average molecular weight is 545 g/mol. The van der Waals surface area contributed by atoms with Crippen LogP contribution in [0.25, 0.3) is 17.1 Å². The van der Waals surface area contributed by atoms with Gasteiger partial charge in [0.15, 0.2) is 28.2 Å². The van der Waals surface area contributed by atoms with Gasteiger partial charge in [0.05, 0.1) is 25.4 Å². The first-order chi connectivity index (χ1) is 18.4. The van der Waals surface area contributed by atoms with Gasteiger partial charge < -0.3 is 29.5 Å². The van der Waals surface area contributed by atoms with Gasteiger partial charge in [0.2, 0.25) is 0 Å². The number of phenols is 2. The van der Waals surface area contributed by atoms with Crippen LogP contribution in [0.1, 0.15) is 25.3 Å². The number of ether oxygens (including phenoxy) is 3. The zero-order chi connectivity index (χ0) is 27.1. The number of morpholine rings is 1. The second-order valence-electron chi connectivity index (χ2n) is 8.94. The van der Waals surface area contributed by atoms with Crippen molar-refractivity contribution in [2.24, 2.45) is 0 Å². The molecule has 12 heteroatoms. The second kappa shape index (κ2) is 12.9.